The highest BCUT2D eigenvalue weighted by molar-refractivity contribution is 6.08. The Morgan fingerprint density at radius 1 is 1.18 bits per heavy atom. The van der Waals surface area contributed by atoms with Gasteiger partial charge in [0.2, 0.25) is 11.8 Å². The molecular formula is C32H37N3O5. The molecule has 0 radical (unpaired) electrons. The van der Waals surface area contributed by atoms with Gasteiger partial charge in [0, 0.05) is 43.2 Å². The number of fused-ring (bicyclic) bond motifs is 3. The summed E-state index contributed by atoms with van der Waals surface area (Å²) in [5, 5.41) is 10.1. The lowest BCUT2D eigenvalue weighted by molar-refractivity contribution is -0.150. The first kappa shape index (κ1) is 26.7. The van der Waals surface area contributed by atoms with Crippen LogP contribution in [0.3, 0.4) is 0 Å². The van der Waals surface area contributed by atoms with Crippen LogP contribution in [0.25, 0.3) is 0 Å². The van der Waals surface area contributed by atoms with Gasteiger partial charge in [-0.3, -0.25) is 14.4 Å². The monoisotopic (exact) mass is 543 g/mol. The molecule has 210 valence electrons. The minimum Gasteiger partial charge on any atom is -0.394 e. The number of hydrogen-bond acceptors (Lipinski definition) is 5. The summed E-state index contributed by atoms with van der Waals surface area (Å²) in [6, 6.07) is 13.5. The van der Waals surface area contributed by atoms with Crippen molar-refractivity contribution in [2.75, 3.05) is 29.5 Å². The molecule has 6 rings (SSSR count). The number of anilines is 2. The minimum atomic E-state index is -1.22. The molecule has 0 saturated carbocycles. The van der Waals surface area contributed by atoms with Gasteiger partial charge in [0.1, 0.15) is 0 Å². The lowest BCUT2D eigenvalue weighted by Gasteiger charge is -2.36. The van der Waals surface area contributed by atoms with E-state index in [0.717, 1.165) is 40.9 Å². The predicted molar refractivity (Wildman–Crippen MR) is 152 cm³/mol. The molecule has 0 aliphatic carbocycles. The van der Waals surface area contributed by atoms with Crippen molar-refractivity contribution in [1.29, 1.82) is 0 Å². The summed E-state index contributed by atoms with van der Waals surface area (Å²) in [5.74, 6) is -0.302. The van der Waals surface area contributed by atoms with Gasteiger partial charge >= 0.3 is 0 Å². The van der Waals surface area contributed by atoms with E-state index in [-0.39, 0.29) is 42.7 Å². The highest BCUT2D eigenvalue weighted by atomic mass is 16.5. The molecule has 4 heterocycles. The maximum absolute atomic E-state index is 14.1. The van der Waals surface area contributed by atoms with Crippen LogP contribution in [0.2, 0.25) is 0 Å². The van der Waals surface area contributed by atoms with Gasteiger partial charge < -0.3 is 24.5 Å². The topological polar surface area (TPSA) is 90.4 Å². The molecule has 2 aromatic rings. The largest absolute Gasteiger partial charge is 0.394 e. The molecule has 1 N–H and O–H groups in total. The number of carbonyl (C=O) groups excluding carboxylic acids is 3. The van der Waals surface area contributed by atoms with Gasteiger partial charge in [-0.1, -0.05) is 37.3 Å². The molecule has 2 fully saturated rings. The van der Waals surface area contributed by atoms with E-state index in [2.05, 4.69) is 12.6 Å². The maximum atomic E-state index is 14.1. The third-order valence-electron chi connectivity index (χ3n) is 9.13. The zero-order chi connectivity index (χ0) is 28.0. The summed E-state index contributed by atoms with van der Waals surface area (Å²) >= 11 is 0. The zero-order valence-corrected chi connectivity index (χ0v) is 23.1. The van der Waals surface area contributed by atoms with Crippen LogP contribution in [0.1, 0.15) is 55.7 Å². The van der Waals surface area contributed by atoms with Crippen LogP contribution in [0.15, 0.2) is 55.1 Å². The van der Waals surface area contributed by atoms with Gasteiger partial charge in [0.05, 0.1) is 30.9 Å². The number of carbonyl (C=O) groups is 3. The third-order valence-corrected chi connectivity index (χ3v) is 9.13. The summed E-state index contributed by atoms with van der Waals surface area (Å²) < 4.78 is 6.67. The first-order chi connectivity index (χ1) is 19.4. The lowest BCUT2D eigenvalue weighted by atomic mass is 9.82. The van der Waals surface area contributed by atoms with E-state index in [1.165, 1.54) is 0 Å². The number of aliphatic hydroxyl groups is 1. The second kappa shape index (κ2) is 10.5. The van der Waals surface area contributed by atoms with Crippen LogP contribution in [0, 0.1) is 5.92 Å². The number of hydrogen-bond donors (Lipinski definition) is 1. The van der Waals surface area contributed by atoms with Gasteiger partial charge in [-0.15, -0.1) is 6.58 Å². The number of ether oxygens (including phenoxy) is 1. The van der Waals surface area contributed by atoms with E-state index in [4.69, 9.17) is 4.74 Å². The van der Waals surface area contributed by atoms with Crippen molar-refractivity contribution in [3.8, 4) is 0 Å². The lowest BCUT2D eigenvalue weighted by Crippen LogP contribution is -2.47. The van der Waals surface area contributed by atoms with E-state index in [0.29, 0.717) is 38.9 Å². The smallest absolute Gasteiger partial charge is 0.264 e. The van der Waals surface area contributed by atoms with E-state index < -0.39 is 11.7 Å². The molecule has 4 aliphatic rings. The van der Waals surface area contributed by atoms with E-state index in [9.17, 15) is 19.5 Å². The molecule has 0 bridgehead atoms. The Balaban J connectivity index is 1.28. The van der Waals surface area contributed by atoms with Gasteiger partial charge in [-0.2, -0.15) is 0 Å². The van der Waals surface area contributed by atoms with Gasteiger partial charge in [-0.05, 0) is 55.0 Å². The van der Waals surface area contributed by atoms with Crippen LogP contribution < -0.4 is 9.80 Å². The van der Waals surface area contributed by atoms with Crippen molar-refractivity contribution in [2.24, 2.45) is 5.92 Å². The maximum Gasteiger partial charge on any atom is 0.264 e. The SMILES string of the molecule is C=CCN1C(=O)[C@@]2(O[C@@H](CC(=O)N3Cc4ccccc4C[C@H]3CO)C[C@H]2C)c2cc(N3CCCCC3=O)ccc21. The standard InChI is InChI=1S/C32H37N3O5/c1-3-13-34-28-12-11-24(33-14-7-6-10-29(33)37)17-27(28)32(31(34)39)21(2)15-26(40-32)18-30(38)35-19-23-9-5-4-8-22(23)16-25(35)20-36/h3-5,8-9,11-12,17,21,25-26,36H,1,6-7,10,13-16,18-20H2,2H3/t21-,25+,26-,32+/m1/s1. The summed E-state index contributed by atoms with van der Waals surface area (Å²) in [4.78, 5) is 45.6. The molecule has 3 amide bonds. The molecule has 1 spiro atoms. The minimum absolute atomic E-state index is 0.0796. The first-order valence-corrected chi connectivity index (χ1v) is 14.4. The van der Waals surface area contributed by atoms with Crippen molar-refractivity contribution in [1.82, 2.24) is 4.90 Å². The normalized spacial score (nSPS) is 27.8. The molecule has 0 unspecified atom stereocenters. The molecule has 8 heteroatoms. The zero-order valence-electron chi connectivity index (χ0n) is 23.1. The van der Waals surface area contributed by atoms with Crippen molar-refractivity contribution in [3.63, 3.8) is 0 Å². The summed E-state index contributed by atoms with van der Waals surface area (Å²) in [7, 11) is 0. The van der Waals surface area contributed by atoms with Crippen LogP contribution in [0.4, 0.5) is 11.4 Å². The van der Waals surface area contributed by atoms with Crippen molar-refractivity contribution in [3.05, 3.63) is 71.8 Å². The molecule has 8 nitrogen and oxygen atoms in total. The fourth-order valence-electron chi connectivity index (χ4n) is 7.10. The number of piperidine rings is 1. The summed E-state index contributed by atoms with van der Waals surface area (Å²) in [6.45, 7) is 7.21. The van der Waals surface area contributed by atoms with E-state index in [1.54, 1.807) is 15.9 Å². The summed E-state index contributed by atoms with van der Waals surface area (Å²) in [6.07, 6.45) is 4.93. The van der Waals surface area contributed by atoms with E-state index in [1.807, 2.05) is 48.2 Å². The molecule has 4 atom stereocenters. The third kappa shape index (κ3) is 4.25. The first-order valence-electron chi connectivity index (χ1n) is 14.4. The number of benzene rings is 2. The highest BCUT2D eigenvalue weighted by Gasteiger charge is 2.60. The molecule has 4 aliphatic heterocycles. The molecule has 2 aromatic carbocycles. The van der Waals surface area contributed by atoms with Crippen LogP contribution in [0.5, 0.6) is 0 Å². The predicted octanol–water partition coefficient (Wildman–Crippen LogP) is 3.69. The Bertz CT molecular complexity index is 1360. The van der Waals surface area contributed by atoms with Gasteiger partial charge in [-0.25, -0.2) is 0 Å². The molecular weight excluding hydrogens is 506 g/mol. The number of amides is 3. The fraction of sp³-hybridized carbons (Fsp3) is 0.469. The van der Waals surface area contributed by atoms with Crippen LogP contribution >= 0.6 is 0 Å². The molecule has 2 saturated heterocycles. The second-order valence-corrected chi connectivity index (χ2v) is 11.6. The highest BCUT2D eigenvalue weighted by Crippen LogP contribution is 2.54. The van der Waals surface area contributed by atoms with Crippen molar-refractivity contribution >= 4 is 29.1 Å². The molecule has 0 aromatic heterocycles. The fourth-order valence-corrected chi connectivity index (χ4v) is 7.10. The van der Waals surface area contributed by atoms with Crippen LogP contribution in [-0.4, -0.2) is 59.6 Å². The average molecular weight is 544 g/mol. The van der Waals surface area contributed by atoms with Crippen molar-refractivity contribution < 1.29 is 24.2 Å². The average Bonchev–Trinajstić information content (AvgIpc) is 3.41. The van der Waals surface area contributed by atoms with Crippen LogP contribution in [-0.2, 0) is 37.7 Å². The number of nitrogens with zero attached hydrogens (tertiary/aromatic N) is 3. The Morgan fingerprint density at radius 2 is 1.98 bits per heavy atom. The van der Waals surface area contributed by atoms with Gasteiger partial charge in [0.25, 0.3) is 5.91 Å². The quantitative estimate of drug-likeness (QED) is 0.562. The Kier molecular flexibility index (Phi) is 7.00. The summed E-state index contributed by atoms with van der Waals surface area (Å²) in [5.41, 5.74) is 3.35. The molecule has 40 heavy (non-hydrogen) atoms. The second-order valence-electron chi connectivity index (χ2n) is 11.6. The Morgan fingerprint density at radius 3 is 2.73 bits per heavy atom. The number of rotatable bonds is 6. The Hall–Kier alpha value is -3.49. The van der Waals surface area contributed by atoms with Crippen molar-refractivity contribution in [2.45, 2.75) is 69.7 Å². The Labute approximate surface area is 235 Å². The van der Waals surface area contributed by atoms with Gasteiger partial charge in [0.15, 0.2) is 5.60 Å². The van der Waals surface area contributed by atoms with E-state index >= 15 is 0 Å². The number of aliphatic hydroxyl groups excluding tert-OH is 1.